The number of primary sulfonamides is 1. The van der Waals surface area contributed by atoms with Crippen LogP contribution in [0.2, 0.25) is 0 Å². The Morgan fingerprint density at radius 3 is 2.40 bits per heavy atom. The molecule has 2 unspecified atom stereocenters. The lowest BCUT2D eigenvalue weighted by molar-refractivity contribution is 0.0906. The van der Waals surface area contributed by atoms with E-state index in [9.17, 15) is 12.8 Å². The van der Waals surface area contributed by atoms with E-state index >= 15 is 8.78 Å². The van der Waals surface area contributed by atoms with Crippen molar-refractivity contribution in [1.29, 1.82) is 0 Å². The topological polar surface area (TPSA) is 111 Å². The molecule has 14 heteroatoms. The van der Waals surface area contributed by atoms with Crippen molar-refractivity contribution >= 4 is 38.3 Å². The molecule has 0 aliphatic carbocycles. The average Bonchev–Trinajstić information content (AvgIpc) is 3.46. The minimum Gasteiger partial charge on any atom is -0.377 e. The summed E-state index contributed by atoms with van der Waals surface area (Å²) in [5.41, 5.74) is 0.193. The van der Waals surface area contributed by atoms with Gasteiger partial charge in [0, 0.05) is 22.9 Å². The van der Waals surface area contributed by atoms with E-state index in [1.807, 2.05) is 6.26 Å². The van der Waals surface area contributed by atoms with Gasteiger partial charge in [0.25, 0.3) is 0 Å². The number of aromatic nitrogens is 3. The molecule has 0 radical (unpaired) electrons. The normalized spacial score (nSPS) is 18.9. The van der Waals surface area contributed by atoms with Crippen molar-refractivity contribution in [2.75, 3.05) is 24.4 Å². The maximum atomic E-state index is 16.3. The molecule has 4 heterocycles. The molecule has 2 N–H and O–H groups in total. The Morgan fingerprint density at radius 2 is 1.70 bits per heavy atom. The summed E-state index contributed by atoms with van der Waals surface area (Å²) in [6.45, 7) is 1.15. The largest absolute Gasteiger partial charge is 0.377 e. The zero-order valence-electron chi connectivity index (χ0n) is 21.0. The molecule has 2 aromatic carbocycles. The molecule has 2 aliphatic heterocycles. The van der Waals surface area contributed by atoms with Gasteiger partial charge < -0.3 is 9.64 Å². The Labute approximate surface area is 236 Å². The summed E-state index contributed by atoms with van der Waals surface area (Å²) in [5, 5.41) is 6.26. The van der Waals surface area contributed by atoms with Crippen molar-refractivity contribution in [3.05, 3.63) is 60.0 Å². The minimum absolute atomic E-state index is 0.0563. The summed E-state index contributed by atoms with van der Waals surface area (Å²) >= 11 is 2.74. The van der Waals surface area contributed by atoms with E-state index in [-0.39, 0.29) is 23.2 Å². The van der Waals surface area contributed by atoms with Crippen molar-refractivity contribution in [2.24, 2.45) is 5.14 Å². The van der Waals surface area contributed by atoms with E-state index in [0.717, 1.165) is 25.0 Å². The molecule has 2 bridgehead atoms. The predicted molar refractivity (Wildman–Crippen MR) is 147 cm³/mol. The number of ether oxygens (including phenoxy) is 1. The minimum atomic E-state index is -4.75. The average molecular weight is 606 g/mol. The molecule has 6 rings (SSSR count). The SMILES string of the molecule is CSc1nccc(-c2sc(N3C4CCC3COC4)nc2-c2cccc(-c3ccc(F)c(S(N)(=O)=O)c3F)c2F)n1. The highest BCUT2D eigenvalue weighted by molar-refractivity contribution is 7.98. The highest BCUT2D eigenvalue weighted by atomic mass is 32.2. The fourth-order valence-corrected chi connectivity index (χ4v) is 7.46. The van der Waals surface area contributed by atoms with Crippen LogP contribution in [-0.2, 0) is 14.8 Å². The number of nitrogens with two attached hydrogens (primary N) is 1. The van der Waals surface area contributed by atoms with Crippen LogP contribution in [0.5, 0.6) is 0 Å². The van der Waals surface area contributed by atoms with Crippen molar-refractivity contribution in [1.82, 2.24) is 15.0 Å². The van der Waals surface area contributed by atoms with Gasteiger partial charge in [-0.15, -0.1) is 0 Å². The Kier molecular flexibility index (Phi) is 7.07. The molecule has 0 amide bonds. The first-order valence-corrected chi connectivity index (χ1v) is 15.8. The third kappa shape index (κ3) is 4.67. The van der Waals surface area contributed by atoms with Gasteiger partial charge in [-0.05, 0) is 43.4 Å². The van der Waals surface area contributed by atoms with Crippen molar-refractivity contribution in [2.45, 2.75) is 35.0 Å². The van der Waals surface area contributed by atoms with Crippen molar-refractivity contribution in [3.8, 4) is 33.0 Å². The number of benzene rings is 2. The number of halogens is 3. The summed E-state index contributed by atoms with van der Waals surface area (Å²) in [7, 11) is -4.75. The summed E-state index contributed by atoms with van der Waals surface area (Å²) in [6, 6.07) is 8.04. The van der Waals surface area contributed by atoms with Gasteiger partial charge in [0.1, 0.15) is 11.6 Å². The fourth-order valence-electron chi connectivity index (χ4n) is 5.21. The number of hydrogen-bond donors (Lipinski definition) is 1. The molecule has 8 nitrogen and oxygen atoms in total. The zero-order chi connectivity index (χ0) is 28.2. The predicted octanol–water partition coefficient (Wildman–Crippen LogP) is 5.09. The number of thioether (sulfide) groups is 1. The fraction of sp³-hybridized carbons (Fsp3) is 0.269. The van der Waals surface area contributed by atoms with E-state index in [1.165, 1.54) is 41.3 Å². The van der Waals surface area contributed by atoms with Gasteiger partial charge in [0.15, 0.2) is 21.0 Å². The Bertz CT molecular complexity index is 1720. The maximum absolute atomic E-state index is 16.3. The Morgan fingerprint density at radius 1 is 1.00 bits per heavy atom. The second-order valence-electron chi connectivity index (χ2n) is 9.38. The molecule has 2 aliphatic rings. The van der Waals surface area contributed by atoms with Gasteiger partial charge in [-0.3, -0.25) is 0 Å². The smallest absolute Gasteiger partial charge is 0.243 e. The maximum Gasteiger partial charge on any atom is 0.243 e. The summed E-state index contributed by atoms with van der Waals surface area (Å²) in [5.74, 6) is -3.68. The third-order valence-corrected chi connectivity index (χ3v) is 9.60. The lowest BCUT2D eigenvalue weighted by atomic mass is 9.99. The number of hydrogen-bond acceptors (Lipinski definition) is 9. The number of nitrogens with zero attached hydrogens (tertiary/aromatic N) is 4. The van der Waals surface area contributed by atoms with Crippen LogP contribution in [0.3, 0.4) is 0 Å². The number of thiazole rings is 1. The van der Waals surface area contributed by atoms with Crippen LogP contribution in [0.25, 0.3) is 33.0 Å². The van der Waals surface area contributed by atoms with Crippen LogP contribution < -0.4 is 10.0 Å². The van der Waals surface area contributed by atoms with E-state index < -0.39 is 37.9 Å². The van der Waals surface area contributed by atoms with Crippen LogP contribution >= 0.6 is 23.1 Å². The van der Waals surface area contributed by atoms with E-state index in [0.29, 0.717) is 39.8 Å². The van der Waals surface area contributed by atoms with E-state index in [1.54, 1.807) is 12.3 Å². The van der Waals surface area contributed by atoms with Crippen LogP contribution in [-0.4, -0.2) is 54.9 Å². The number of anilines is 1. The monoisotopic (exact) mass is 605 g/mol. The molecular formula is C26H22F3N5O3S3. The lowest BCUT2D eigenvalue weighted by Crippen LogP contribution is -2.45. The first kappa shape index (κ1) is 27.1. The Balaban J connectivity index is 1.54. The van der Waals surface area contributed by atoms with Crippen LogP contribution in [0.4, 0.5) is 18.3 Å². The molecule has 0 saturated carbocycles. The molecule has 2 saturated heterocycles. The Hall–Kier alpha value is -3.04. The van der Waals surface area contributed by atoms with Crippen LogP contribution in [0, 0.1) is 17.5 Å². The van der Waals surface area contributed by atoms with Gasteiger partial charge in [0.05, 0.1) is 41.6 Å². The highest BCUT2D eigenvalue weighted by Gasteiger charge is 2.40. The summed E-state index contributed by atoms with van der Waals surface area (Å²) in [4.78, 5) is 15.2. The zero-order valence-corrected chi connectivity index (χ0v) is 23.4. The van der Waals surface area contributed by atoms with Crippen LogP contribution in [0.1, 0.15) is 12.8 Å². The highest BCUT2D eigenvalue weighted by Crippen LogP contribution is 2.45. The number of rotatable bonds is 6. The molecule has 0 spiro atoms. The van der Waals surface area contributed by atoms with E-state index in [4.69, 9.17) is 14.9 Å². The molecule has 40 heavy (non-hydrogen) atoms. The molecule has 2 aromatic heterocycles. The molecule has 208 valence electrons. The summed E-state index contributed by atoms with van der Waals surface area (Å²) < 4.78 is 75.2. The lowest BCUT2D eigenvalue weighted by Gasteiger charge is -2.34. The molecule has 2 fully saturated rings. The first-order valence-electron chi connectivity index (χ1n) is 12.2. The van der Waals surface area contributed by atoms with Gasteiger partial charge in [0.2, 0.25) is 10.0 Å². The second-order valence-corrected chi connectivity index (χ2v) is 12.6. The van der Waals surface area contributed by atoms with Gasteiger partial charge in [-0.2, -0.15) is 0 Å². The van der Waals surface area contributed by atoms with Gasteiger partial charge >= 0.3 is 0 Å². The van der Waals surface area contributed by atoms with E-state index in [2.05, 4.69) is 14.9 Å². The molecular weight excluding hydrogens is 584 g/mol. The second kappa shape index (κ2) is 10.4. The van der Waals surface area contributed by atoms with Crippen LogP contribution in [0.15, 0.2) is 52.6 Å². The number of morpholine rings is 1. The van der Waals surface area contributed by atoms with Gasteiger partial charge in [-0.25, -0.2) is 41.7 Å². The van der Waals surface area contributed by atoms with Crippen molar-refractivity contribution < 1.29 is 26.3 Å². The number of sulfonamides is 1. The molecule has 2 atom stereocenters. The first-order chi connectivity index (χ1) is 19.2. The van der Waals surface area contributed by atoms with Crippen molar-refractivity contribution in [3.63, 3.8) is 0 Å². The third-order valence-electron chi connectivity index (χ3n) is 7.00. The summed E-state index contributed by atoms with van der Waals surface area (Å²) in [6.07, 6.45) is 5.38. The van der Waals surface area contributed by atoms with Gasteiger partial charge in [-0.1, -0.05) is 35.2 Å². The standard InChI is InChI=1S/C26H22F3N5O3S3/c1-38-25-31-10-9-19(32-25)23-22(33-26(39-23)34-13-5-6-14(34)12-37-11-13)17-4-2-3-15(20(17)28)16-7-8-18(27)24(21(16)29)40(30,35)36/h2-4,7-10,13-14H,5-6,11-12H2,1H3,(H2,30,35,36). The molecule has 4 aromatic rings. The number of fused-ring (bicyclic) bond motifs is 2. The quantitative estimate of drug-likeness (QED) is 0.239.